The average molecular weight is 712 g/mol. The lowest BCUT2D eigenvalue weighted by Crippen LogP contribution is -2.10. The molecule has 0 aromatic heterocycles. The summed E-state index contributed by atoms with van der Waals surface area (Å²) in [6.45, 7) is 7.20. The summed E-state index contributed by atoms with van der Waals surface area (Å²) < 4.78 is 59.8. The van der Waals surface area contributed by atoms with E-state index in [1.807, 2.05) is 20.0 Å². The second-order valence-corrected chi connectivity index (χ2v) is 11.8. The molecule has 0 spiro atoms. The van der Waals surface area contributed by atoms with Gasteiger partial charge in [-0.1, -0.05) is 37.8 Å². The Kier molecular flexibility index (Phi) is 16.7. The molecule has 0 bridgehead atoms. The molecule has 0 fully saturated rings. The molecule has 0 atom stereocenters. The van der Waals surface area contributed by atoms with E-state index in [1.165, 1.54) is 30.3 Å². The Hall–Kier alpha value is -5.13. The summed E-state index contributed by atoms with van der Waals surface area (Å²) in [6, 6.07) is 18.0. The van der Waals surface area contributed by atoms with E-state index in [2.05, 4.69) is 12.0 Å². The number of anilines is 1. The van der Waals surface area contributed by atoms with E-state index in [-0.39, 0.29) is 24.6 Å². The lowest BCUT2D eigenvalue weighted by atomic mass is 10.1. The molecule has 0 aliphatic rings. The molecule has 0 saturated heterocycles. The van der Waals surface area contributed by atoms with Crippen molar-refractivity contribution in [2.75, 3.05) is 38.7 Å². The van der Waals surface area contributed by atoms with E-state index >= 15 is 0 Å². The van der Waals surface area contributed by atoms with Crippen LogP contribution in [-0.4, -0.2) is 68.8 Å². The van der Waals surface area contributed by atoms with Gasteiger partial charge in [-0.15, -0.1) is 0 Å². The quantitative estimate of drug-likeness (QED) is 0.0292. The monoisotopic (exact) mass is 711 g/mol. The van der Waals surface area contributed by atoms with Gasteiger partial charge in [-0.05, 0) is 80.3 Å². The molecule has 3 aromatic carbocycles. The number of hydrogen-bond donors (Lipinski definition) is 1. The number of rotatable bonds is 21. The van der Waals surface area contributed by atoms with E-state index in [0.717, 1.165) is 56.4 Å². The highest BCUT2D eigenvalue weighted by Crippen LogP contribution is 2.23. The molecule has 0 aliphatic heterocycles. The van der Waals surface area contributed by atoms with Crippen LogP contribution >= 0.6 is 0 Å². The minimum atomic E-state index is -4.22. The van der Waals surface area contributed by atoms with E-state index in [4.69, 9.17) is 18.9 Å². The second-order valence-electron chi connectivity index (χ2n) is 11.8. The normalized spacial score (nSPS) is 11.2. The first-order chi connectivity index (χ1) is 24.4. The molecule has 0 unspecified atom stereocenters. The van der Waals surface area contributed by atoms with Gasteiger partial charge in [0.2, 0.25) is 5.69 Å². The summed E-state index contributed by atoms with van der Waals surface area (Å²) in [5.74, 6) is -0.759. The van der Waals surface area contributed by atoms with Gasteiger partial charge >= 0.3 is 24.1 Å². The first-order valence-corrected chi connectivity index (χ1v) is 17.0. The fraction of sp³-hybridized carbons (Fsp3) is 0.385. The summed E-state index contributed by atoms with van der Waals surface area (Å²) in [6.07, 6.45) is 2.98. The van der Waals surface area contributed by atoms with Crippen molar-refractivity contribution in [3.63, 3.8) is 0 Å². The summed E-state index contributed by atoms with van der Waals surface area (Å²) in [5.41, 5.74) is 3.11. The number of esters is 3. The number of nitrogens with zero attached hydrogens (tertiary/aromatic N) is 1. The Morgan fingerprint density at radius 3 is 2.02 bits per heavy atom. The number of carbonyl (C=O) groups excluding carboxylic acids is 3. The van der Waals surface area contributed by atoms with Crippen molar-refractivity contribution in [1.29, 1.82) is 0 Å². The number of hydrogen-bond acceptors (Lipinski definition) is 8. The van der Waals surface area contributed by atoms with Gasteiger partial charge in [0.25, 0.3) is 0 Å². The molecule has 1 N–H and O–H groups in total. The Bertz CT molecular complexity index is 1600. The topological polar surface area (TPSA) is 103 Å². The summed E-state index contributed by atoms with van der Waals surface area (Å²) >= 11 is 0. The van der Waals surface area contributed by atoms with Crippen LogP contribution in [0.25, 0.3) is 6.08 Å². The number of nitrogens with one attached hydrogen (secondary N) is 1. The Labute approximate surface area is 297 Å². The summed E-state index contributed by atoms with van der Waals surface area (Å²) in [4.78, 5) is 37.1. The van der Waals surface area contributed by atoms with Gasteiger partial charge < -0.3 is 24.3 Å². The smallest absolute Gasteiger partial charge is 0.389 e. The van der Waals surface area contributed by atoms with Crippen LogP contribution in [0.2, 0.25) is 0 Å². The largest absolute Gasteiger partial charge is 0.494 e. The number of halogens is 3. The molecular formula is C39H46F3N2O7+. The maximum absolute atomic E-state index is 12.5. The maximum atomic E-state index is 12.5. The van der Waals surface area contributed by atoms with Crippen LogP contribution in [0.5, 0.6) is 11.5 Å². The van der Waals surface area contributed by atoms with Gasteiger partial charge in [-0.25, -0.2) is 19.0 Å². The maximum Gasteiger partial charge on any atom is 0.389 e. The molecule has 51 heavy (non-hydrogen) atoms. The molecule has 3 aromatic rings. The van der Waals surface area contributed by atoms with E-state index in [0.29, 0.717) is 35.8 Å². The predicted octanol–water partition coefficient (Wildman–Crippen LogP) is 8.79. The highest BCUT2D eigenvalue weighted by Gasteiger charge is 2.26. The highest BCUT2D eigenvalue weighted by molar-refractivity contribution is 5.92. The van der Waals surface area contributed by atoms with Gasteiger partial charge in [0.15, 0.2) is 0 Å². The van der Waals surface area contributed by atoms with Crippen molar-refractivity contribution >= 4 is 42.1 Å². The van der Waals surface area contributed by atoms with E-state index < -0.39 is 24.5 Å². The minimum absolute atomic E-state index is 0.0853. The summed E-state index contributed by atoms with van der Waals surface area (Å²) in [7, 11) is 1.82. The number of alkyl halides is 3. The van der Waals surface area contributed by atoms with Crippen LogP contribution in [-0.2, 0) is 14.3 Å². The molecule has 0 aliphatic carbocycles. The predicted molar refractivity (Wildman–Crippen MR) is 190 cm³/mol. The van der Waals surface area contributed by atoms with Crippen LogP contribution in [0.15, 0.2) is 72.8 Å². The molecule has 0 saturated carbocycles. The number of carbonyl (C=O) groups is 3. The first kappa shape index (κ1) is 40.3. The molecular weight excluding hydrogens is 665 g/mol. The third kappa shape index (κ3) is 16.0. The zero-order valence-corrected chi connectivity index (χ0v) is 29.1. The fourth-order valence-electron chi connectivity index (χ4n) is 4.76. The molecule has 0 heterocycles. The van der Waals surface area contributed by atoms with E-state index in [9.17, 15) is 27.6 Å². The minimum Gasteiger partial charge on any atom is -0.494 e. The molecule has 3 rings (SSSR count). The first-order valence-electron chi connectivity index (χ1n) is 17.0. The standard InChI is InChI=1S/C39H46F3N2O7/c1-4-43-32-26-31(27-33(28-32)44(2)3)37(46)50-24-10-8-6-5-7-9-23-49-36(45)21-14-29-12-17-35(18-13-29)51-38(47)30-15-19-34(20-16-30)48-25-11-22-39(40,41)42/h12-21,26-28,43H,2,4-11,22-25H2,1,3H3/q+1/b21-14+. The summed E-state index contributed by atoms with van der Waals surface area (Å²) in [5, 5.41) is 3.22. The molecule has 12 heteroatoms. The third-order valence-corrected chi connectivity index (χ3v) is 7.46. The van der Waals surface area contributed by atoms with Crippen molar-refractivity contribution in [2.45, 2.75) is 64.5 Å². The Morgan fingerprint density at radius 1 is 0.765 bits per heavy atom. The van der Waals surface area contributed by atoms with Crippen molar-refractivity contribution in [1.82, 2.24) is 0 Å². The lowest BCUT2D eigenvalue weighted by Gasteiger charge is -2.09. The van der Waals surface area contributed by atoms with Crippen molar-refractivity contribution in [3.05, 3.63) is 89.5 Å². The van der Waals surface area contributed by atoms with E-state index in [1.54, 1.807) is 47.0 Å². The average Bonchev–Trinajstić information content (AvgIpc) is 3.10. The van der Waals surface area contributed by atoms with Gasteiger partial charge in [-0.2, -0.15) is 13.2 Å². The zero-order chi connectivity index (χ0) is 37.1. The van der Waals surface area contributed by atoms with Crippen LogP contribution in [0.1, 0.15) is 84.6 Å². The van der Waals surface area contributed by atoms with Crippen LogP contribution in [0.4, 0.5) is 24.5 Å². The molecule has 9 nitrogen and oxygen atoms in total. The number of ether oxygens (including phenoxy) is 4. The van der Waals surface area contributed by atoms with Crippen LogP contribution < -0.4 is 14.8 Å². The zero-order valence-electron chi connectivity index (χ0n) is 29.1. The van der Waals surface area contributed by atoms with Gasteiger partial charge in [0.1, 0.15) is 25.3 Å². The third-order valence-electron chi connectivity index (χ3n) is 7.46. The van der Waals surface area contributed by atoms with Crippen LogP contribution in [0.3, 0.4) is 0 Å². The number of unbranched alkanes of at least 4 members (excludes halogenated alkanes) is 5. The Morgan fingerprint density at radius 2 is 1.39 bits per heavy atom. The second kappa shape index (κ2) is 21.2. The van der Waals surface area contributed by atoms with Crippen molar-refractivity contribution in [2.24, 2.45) is 0 Å². The van der Waals surface area contributed by atoms with Gasteiger partial charge in [0.05, 0.1) is 30.9 Å². The lowest BCUT2D eigenvalue weighted by molar-refractivity contribution is -0.394. The number of benzene rings is 3. The molecule has 274 valence electrons. The van der Waals surface area contributed by atoms with Gasteiger partial charge in [0, 0.05) is 36.9 Å². The molecule has 0 radical (unpaired) electrons. The van der Waals surface area contributed by atoms with Crippen LogP contribution in [0, 0.1) is 0 Å². The SMILES string of the molecule is C=[N+](C)c1cc(NCC)cc(C(=O)OCCCCCCCCOC(=O)/C=C/c2ccc(OC(=O)c3ccc(OCCCC(F)(F)F)cc3)cc2)c1. The Balaban J connectivity index is 1.24. The van der Waals surface area contributed by atoms with Crippen molar-refractivity contribution < 1.29 is 51.1 Å². The van der Waals surface area contributed by atoms with Crippen molar-refractivity contribution in [3.8, 4) is 11.5 Å². The molecule has 0 amide bonds. The van der Waals surface area contributed by atoms with Gasteiger partial charge in [-0.3, -0.25) is 0 Å². The highest BCUT2D eigenvalue weighted by atomic mass is 19.4. The fourth-order valence-corrected chi connectivity index (χ4v) is 4.76.